The van der Waals surface area contributed by atoms with E-state index in [-0.39, 0.29) is 10.8 Å². The van der Waals surface area contributed by atoms with Gasteiger partial charge in [-0.3, -0.25) is 9.36 Å². The summed E-state index contributed by atoms with van der Waals surface area (Å²) in [6.07, 6.45) is 0.920. The molecule has 0 bridgehead atoms. The summed E-state index contributed by atoms with van der Waals surface area (Å²) in [5, 5.41) is 0.0934. The topological polar surface area (TPSA) is 87.4 Å². The average Bonchev–Trinajstić information content (AvgIpc) is 2.44. The summed E-state index contributed by atoms with van der Waals surface area (Å²) in [5.41, 5.74) is -0.868. The molecule has 22 heavy (non-hydrogen) atoms. The van der Waals surface area contributed by atoms with Gasteiger partial charge >= 0.3 is 15.8 Å². The van der Waals surface area contributed by atoms with Crippen molar-refractivity contribution in [2.75, 3.05) is 0 Å². The maximum atomic E-state index is 12.3. The first kappa shape index (κ1) is 16.3. The maximum absolute atomic E-state index is 12.3. The van der Waals surface area contributed by atoms with Crippen molar-refractivity contribution in [3.63, 3.8) is 0 Å². The Hall–Kier alpha value is -2.06. The second-order valence-corrected chi connectivity index (χ2v) is 6.64. The maximum Gasteiger partial charge on any atom is 0.346 e. The highest BCUT2D eigenvalue weighted by atomic mass is 35.5. The molecule has 0 N–H and O–H groups in total. The van der Waals surface area contributed by atoms with Crippen LogP contribution in [0.3, 0.4) is 0 Å². The Kier molecular flexibility index (Phi) is 4.17. The third-order valence-corrected chi connectivity index (χ3v) is 4.50. The third-order valence-electron chi connectivity index (χ3n) is 2.97. The van der Waals surface area contributed by atoms with Crippen molar-refractivity contribution in [1.29, 1.82) is 0 Å². The highest BCUT2D eigenvalue weighted by Crippen LogP contribution is 2.27. The van der Waals surface area contributed by atoms with E-state index >= 15 is 0 Å². The smallest absolute Gasteiger partial charge is 0.346 e. The van der Waals surface area contributed by atoms with Crippen LogP contribution in [-0.2, 0) is 24.2 Å². The van der Waals surface area contributed by atoms with Crippen molar-refractivity contribution >= 4 is 21.7 Å². The quantitative estimate of drug-likeness (QED) is 0.769. The van der Waals surface area contributed by atoms with Crippen LogP contribution in [0.2, 0.25) is 5.02 Å². The second kappa shape index (κ2) is 5.62. The molecule has 0 spiro atoms. The van der Waals surface area contributed by atoms with Crippen molar-refractivity contribution in [2.24, 2.45) is 14.1 Å². The minimum atomic E-state index is -4.42. The summed E-state index contributed by atoms with van der Waals surface area (Å²) in [6, 6.07) is 4.61. The zero-order chi connectivity index (χ0) is 16.7. The number of nitrogens with zero attached hydrogens (tertiary/aromatic N) is 2. The predicted octanol–water partition coefficient (Wildman–Crippen LogP) is 0.814. The van der Waals surface area contributed by atoms with Gasteiger partial charge in [-0.15, -0.1) is 0 Å². The highest BCUT2D eigenvalue weighted by molar-refractivity contribution is 7.87. The highest BCUT2D eigenvalue weighted by Gasteiger charge is 2.24. The summed E-state index contributed by atoms with van der Waals surface area (Å²) < 4.78 is 31.2. The van der Waals surface area contributed by atoms with Crippen molar-refractivity contribution in [1.82, 2.24) is 9.13 Å². The molecule has 9 heteroatoms. The molecule has 1 aromatic carbocycles. The molecule has 118 valence electrons. The predicted molar refractivity (Wildman–Crippen MR) is 80.9 cm³/mol. The van der Waals surface area contributed by atoms with Crippen LogP contribution in [0.4, 0.5) is 0 Å². The van der Waals surface area contributed by atoms with Gasteiger partial charge in [0.2, 0.25) is 0 Å². The number of aryl methyl sites for hydroxylation is 2. The Labute approximate surface area is 131 Å². The van der Waals surface area contributed by atoms with E-state index in [1.54, 1.807) is 13.0 Å². The largest absolute Gasteiger partial charge is 0.377 e. The summed E-state index contributed by atoms with van der Waals surface area (Å²) in [6.45, 7) is 1.74. The first-order chi connectivity index (χ1) is 10.1. The zero-order valence-electron chi connectivity index (χ0n) is 12.0. The zero-order valence-corrected chi connectivity index (χ0v) is 13.6. The number of hydrogen-bond donors (Lipinski definition) is 0. The lowest BCUT2D eigenvalue weighted by molar-refractivity contribution is 0.480. The molecule has 2 rings (SSSR count). The molecular formula is C13H13ClN2O5S. The molecule has 0 unspecified atom stereocenters. The molecule has 1 aromatic heterocycles. The standard InChI is InChI=1S/C13H13ClN2O5S/c1-8-4-5-9(14)10(6-8)21-22(19,20)11-7-15(2)13(18)16(3)12(11)17/h4-7H,1-3H3. The number of halogens is 1. The molecule has 0 radical (unpaired) electrons. The van der Waals surface area contributed by atoms with Gasteiger partial charge in [-0.1, -0.05) is 17.7 Å². The molecule has 7 nitrogen and oxygen atoms in total. The summed E-state index contributed by atoms with van der Waals surface area (Å²) >= 11 is 5.89. The van der Waals surface area contributed by atoms with Crippen molar-refractivity contribution in [3.05, 3.63) is 55.8 Å². The number of rotatable bonds is 3. The summed E-state index contributed by atoms with van der Waals surface area (Å²) in [4.78, 5) is 22.9. The Balaban J connectivity index is 2.60. The van der Waals surface area contributed by atoms with Gasteiger partial charge in [0.25, 0.3) is 5.56 Å². The van der Waals surface area contributed by atoms with Crippen LogP contribution < -0.4 is 15.4 Å². The lowest BCUT2D eigenvalue weighted by Crippen LogP contribution is -2.39. The van der Waals surface area contributed by atoms with E-state index < -0.39 is 26.3 Å². The van der Waals surface area contributed by atoms with Gasteiger partial charge in [-0.2, -0.15) is 8.42 Å². The van der Waals surface area contributed by atoms with Crippen LogP contribution in [0.5, 0.6) is 5.75 Å². The van der Waals surface area contributed by atoms with Crippen LogP contribution in [0, 0.1) is 6.92 Å². The molecule has 2 aromatic rings. The Bertz CT molecular complexity index is 959. The van der Waals surface area contributed by atoms with E-state index in [0.717, 1.165) is 16.3 Å². The molecule has 0 fully saturated rings. The van der Waals surface area contributed by atoms with Gasteiger partial charge in [0.1, 0.15) is 0 Å². The third kappa shape index (κ3) is 2.93. The fourth-order valence-electron chi connectivity index (χ4n) is 1.78. The fourth-order valence-corrected chi connectivity index (χ4v) is 3.09. The van der Waals surface area contributed by atoms with Gasteiger partial charge in [0.15, 0.2) is 10.6 Å². The van der Waals surface area contributed by atoms with E-state index in [1.807, 2.05) is 0 Å². The average molecular weight is 345 g/mol. The van der Waals surface area contributed by atoms with Crippen molar-refractivity contribution in [3.8, 4) is 5.75 Å². The van der Waals surface area contributed by atoms with E-state index in [2.05, 4.69) is 0 Å². The van der Waals surface area contributed by atoms with Gasteiger partial charge < -0.3 is 8.75 Å². The summed E-state index contributed by atoms with van der Waals surface area (Å²) in [5.74, 6) is -0.0856. The molecule has 0 saturated heterocycles. The molecule has 0 aliphatic heterocycles. The van der Waals surface area contributed by atoms with Crippen LogP contribution in [0.15, 0.2) is 38.9 Å². The van der Waals surface area contributed by atoms with E-state index in [1.165, 1.54) is 26.2 Å². The van der Waals surface area contributed by atoms with Gasteiger partial charge in [-0.05, 0) is 24.6 Å². The second-order valence-electron chi connectivity index (χ2n) is 4.72. The number of hydrogen-bond acceptors (Lipinski definition) is 5. The number of aromatic nitrogens is 2. The monoisotopic (exact) mass is 344 g/mol. The molecule has 0 aliphatic carbocycles. The molecule has 0 atom stereocenters. The van der Waals surface area contributed by atoms with E-state index in [0.29, 0.717) is 4.57 Å². The fraction of sp³-hybridized carbons (Fsp3) is 0.231. The molecule has 0 aliphatic rings. The van der Waals surface area contributed by atoms with Gasteiger partial charge in [0, 0.05) is 20.3 Å². The van der Waals surface area contributed by atoms with Gasteiger partial charge in [-0.25, -0.2) is 4.79 Å². The first-order valence-corrected chi connectivity index (χ1v) is 7.89. The van der Waals surface area contributed by atoms with E-state index in [4.69, 9.17) is 15.8 Å². The Morgan fingerprint density at radius 1 is 1.18 bits per heavy atom. The van der Waals surface area contributed by atoms with Crippen LogP contribution in [0.25, 0.3) is 0 Å². The van der Waals surface area contributed by atoms with Crippen molar-refractivity contribution < 1.29 is 12.6 Å². The van der Waals surface area contributed by atoms with Crippen LogP contribution in [-0.4, -0.2) is 17.6 Å². The summed E-state index contributed by atoms with van der Waals surface area (Å²) in [7, 11) is -1.90. The molecule has 0 saturated carbocycles. The molecule has 1 heterocycles. The van der Waals surface area contributed by atoms with Gasteiger partial charge in [0.05, 0.1) is 5.02 Å². The van der Waals surface area contributed by atoms with Crippen molar-refractivity contribution in [2.45, 2.75) is 11.8 Å². The Morgan fingerprint density at radius 2 is 1.82 bits per heavy atom. The van der Waals surface area contributed by atoms with E-state index in [9.17, 15) is 18.0 Å². The first-order valence-electron chi connectivity index (χ1n) is 6.11. The lowest BCUT2D eigenvalue weighted by Gasteiger charge is -2.10. The lowest BCUT2D eigenvalue weighted by atomic mass is 10.2. The molecular weight excluding hydrogens is 332 g/mol. The Morgan fingerprint density at radius 3 is 2.45 bits per heavy atom. The molecule has 0 amide bonds. The minimum absolute atomic E-state index is 0.0856. The normalized spacial score (nSPS) is 11.5. The van der Waals surface area contributed by atoms with Crippen LogP contribution >= 0.6 is 11.6 Å². The number of benzene rings is 1. The minimum Gasteiger partial charge on any atom is -0.377 e. The SMILES string of the molecule is Cc1ccc(Cl)c(OS(=O)(=O)c2cn(C)c(=O)n(C)c2=O)c1. The van der Waals surface area contributed by atoms with Crippen LogP contribution in [0.1, 0.15) is 5.56 Å².